The second kappa shape index (κ2) is 9.16. The lowest BCUT2D eigenvalue weighted by Crippen LogP contribution is -2.55. The van der Waals surface area contributed by atoms with Crippen molar-refractivity contribution < 1.29 is 14.3 Å². The summed E-state index contributed by atoms with van der Waals surface area (Å²) < 4.78 is 11.8. The van der Waals surface area contributed by atoms with Gasteiger partial charge in [-0.3, -0.25) is 9.88 Å². The van der Waals surface area contributed by atoms with Crippen LogP contribution in [0, 0.1) is 11.8 Å². The Balaban J connectivity index is 1.56. The van der Waals surface area contributed by atoms with Crippen LogP contribution in [-0.2, 0) is 4.74 Å². The fraction of sp³-hybridized carbons (Fsp3) is 0.333. The van der Waals surface area contributed by atoms with Crippen molar-refractivity contribution in [3.05, 3.63) is 83.5 Å². The van der Waals surface area contributed by atoms with Crippen molar-refractivity contribution in [2.24, 2.45) is 11.8 Å². The van der Waals surface area contributed by atoms with Crippen molar-refractivity contribution in [1.82, 2.24) is 9.88 Å². The van der Waals surface area contributed by atoms with Gasteiger partial charge in [0, 0.05) is 28.7 Å². The van der Waals surface area contributed by atoms with Crippen LogP contribution < -0.4 is 4.74 Å². The zero-order valence-electron chi connectivity index (χ0n) is 18.6. The third-order valence-corrected chi connectivity index (χ3v) is 7.36. The van der Waals surface area contributed by atoms with Gasteiger partial charge in [0.1, 0.15) is 11.9 Å². The number of benzene rings is 2. The highest BCUT2D eigenvalue weighted by molar-refractivity contribution is 6.30. The molecule has 3 aromatic rings. The highest BCUT2D eigenvalue weighted by Crippen LogP contribution is 2.44. The van der Waals surface area contributed by atoms with Crippen LogP contribution in [0.4, 0.5) is 0 Å². The molecule has 0 amide bonds. The first-order valence-corrected chi connectivity index (χ1v) is 11.7. The molecule has 2 bridgehead atoms. The lowest BCUT2D eigenvalue weighted by atomic mass is 9.73. The average molecular weight is 463 g/mol. The molecule has 6 heteroatoms. The normalized spacial score (nSPS) is 24.9. The molecule has 0 N–H and O–H groups in total. The minimum Gasteiger partial charge on any atom is -0.497 e. The van der Waals surface area contributed by atoms with E-state index in [4.69, 9.17) is 21.1 Å². The van der Waals surface area contributed by atoms with Crippen LogP contribution in [-0.4, -0.2) is 42.1 Å². The van der Waals surface area contributed by atoms with E-state index in [-0.39, 0.29) is 12.0 Å². The maximum atomic E-state index is 13.2. The van der Waals surface area contributed by atoms with Gasteiger partial charge in [-0.15, -0.1) is 6.58 Å². The van der Waals surface area contributed by atoms with Crippen LogP contribution in [0.1, 0.15) is 34.9 Å². The summed E-state index contributed by atoms with van der Waals surface area (Å²) in [5.41, 5.74) is 2.29. The van der Waals surface area contributed by atoms with Crippen molar-refractivity contribution in [3.63, 3.8) is 0 Å². The Labute approximate surface area is 199 Å². The molecule has 4 heterocycles. The van der Waals surface area contributed by atoms with Gasteiger partial charge in [0.05, 0.1) is 24.2 Å². The summed E-state index contributed by atoms with van der Waals surface area (Å²) in [6.45, 7) is 5.99. The van der Waals surface area contributed by atoms with Gasteiger partial charge in [-0.2, -0.15) is 0 Å². The Morgan fingerprint density at radius 1 is 1.24 bits per heavy atom. The number of carbonyl (C=O) groups is 1. The quantitative estimate of drug-likeness (QED) is 0.348. The topological polar surface area (TPSA) is 51.7 Å². The number of hydrogen-bond donors (Lipinski definition) is 0. The number of nitrogens with zero attached hydrogens (tertiary/aromatic N) is 2. The van der Waals surface area contributed by atoms with Crippen molar-refractivity contribution in [3.8, 4) is 5.75 Å². The van der Waals surface area contributed by atoms with Gasteiger partial charge in [0.2, 0.25) is 0 Å². The SMILES string of the molecule is C=C[C@H]1CN2CC[C@@H]1C[C@H]2[C@@H](OC(=O)c1ccc(Cl)cc1)c1ccnc2ccc(OC)cc12. The van der Waals surface area contributed by atoms with Gasteiger partial charge >= 0.3 is 5.97 Å². The zero-order chi connectivity index (χ0) is 22.9. The predicted molar refractivity (Wildman–Crippen MR) is 130 cm³/mol. The van der Waals surface area contributed by atoms with E-state index in [0.29, 0.717) is 22.4 Å². The molecule has 3 saturated heterocycles. The summed E-state index contributed by atoms with van der Waals surface area (Å²) in [7, 11) is 1.65. The number of halogens is 1. The fourth-order valence-electron chi connectivity index (χ4n) is 5.33. The third-order valence-electron chi connectivity index (χ3n) is 7.11. The zero-order valence-corrected chi connectivity index (χ0v) is 19.4. The molecule has 33 heavy (non-hydrogen) atoms. The molecular weight excluding hydrogens is 436 g/mol. The summed E-state index contributed by atoms with van der Waals surface area (Å²) in [5.74, 6) is 1.43. The lowest BCUT2D eigenvalue weighted by Gasteiger charge is -2.51. The number of fused-ring (bicyclic) bond motifs is 4. The van der Waals surface area contributed by atoms with E-state index in [1.807, 2.05) is 24.3 Å². The molecule has 0 saturated carbocycles. The lowest BCUT2D eigenvalue weighted by molar-refractivity contribution is -0.0568. The summed E-state index contributed by atoms with van der Waals surface area (Å²) >= 11 is 6.02. The Kier molecular flexibility index (Phi) is 6.09. The van der Waals surface area contributed by atoms with E-state index in [1.165, 1.54) is 0 Å². The number of ether oxygens (including phenoxy) is 2. The van der Waals surface area contributed by atoms with Crippen LogP contribution in [0.2, 0.25) is 5.02 Å². The van der Waals surface area contributed by atoms with E-state index < -0.39 is 6.10 Å². The summed E-state index contributed by atoms with van der Waals surface area (Å²) in [5, 5.41) is 1.52. The number of rotatable bonds is 6. The van der Waals surface area contributed by atoms with Gasteiger partial charge in [0.25, 0.3) is 0 Å². The third kappa shape index (κ3) is 4.23. The number of hydrogen-bond acceptors (Lipinski definition) is 5. The maximum absolute atomic E-state index is 13.2. The van der Waals surface area contributed by atoms with E-state index in [1.54, 1.807) is 37.6 Å². The summed E-state index contributed by atoms with van der Waals surface area (Å²) in [6.07, 6.45) is 5.54. The standard InChI is InChI=1S/C27H27ClN2O3/c1-3-17-16-30-13-11-19(17)14-25(30)26(33-27(31)18-4-6-20(28)7-5-18)22-10-12-29-24-9-8-21(32-2)15-23(22)24/h3-10,12,15,17,19,25-26H,1,11,13-14,16H2,2H3/t17-,19+,25-,26-/m0/s1. The van der Waals surface area contributed by atoms with Gasteiger partial charge in [-0.25, -0.2) is 4.79 Å². The number of esters is 1. The number of carbonyl (C=O) groups excluding carboxylic acids is 1. The van der Waals surface area contributed by atoms with Gasteiger partial charge < -0.3 is 9.47 Å². The van der Waals surface area contributed by atoms with E-state index in [2.05, 4.69) is 22.5 Å². The molecule has 0 radical (unpaired) electrons. The minimum atomic E-state index is -0.431. The average Bonchev–Trinajstić information content (AvgIpc) is 2.87. The first-order valence-electron chi connectivity index (χ1n) is 11.3. The number of pyridine rings is 1. The second-order valence-electron chi connectivity index (χ2n) is 8.86. The molecule has 5 atom stereocenters. The van der Waals surface area contributed by atoms with Crippen molar-refractivity contribution in [2.45, 2.75) is 25.0 Å². The van der Waals surface area contributed by atoms with Crippen molar-refractivity contribution in [2.75, 3.05) is 20.2 Å². The molecule has 3 aliphatic heterocycles. The van der Waals surface area contributed by atoms with Crippen molar-refractivity contribution in [1.29, 1.82) is 0 Å². The Morgan fingerprint density at radius 2 is 2.06 bits per heavy atom. The first kappa shape index (κ1) is 21.9. The van der Waals surface area contributed by atoms with Crippen LogP contribution in [0.25, 0.3) is 10.9 Å². The van der Waals surface area contributed by atoms with Crippen LogP contribution >= 0.6 is 11.6 Å². The summed E-state index contributed by atoms with van der Waals surface area (Å²) in [6, 6.07) is 14.7. The maximum Gasteiger partial charge on any atom is 0.338 e. The largest absolute Gasteiger partial charge is 0.497 e. The number of aromatic nitrogens is 1. The Morgan fingerprint density at radius 3 is 2.76 bits per heavy atom. The molecule has 6 rings (SSSR count). The number of methoxy groups -OCH3 is 1. The van der Waals surface area contributed by atoms with E-state index in [0.717, 1.165) is 48.1 Å². The molecule has 170 valence electrons. The molecule has 1 aromatic heterocycles. The minimum absolute atomic E-state index is 0.0907. The molecule has 0 spiro atoms. The molecule has 3 aliphatic rings. The smallest absolute Gasteiger partial charge is 0.338 e. The van der Waals surface area contributed by atoms with Crippen LogP contribution in [0.3, 0.4) is 0 Å². The molecule has 1 unspecified atom stereocenters. The highest BCUT2D eigenvalue weighted by Gasteiger charge is 2.44. The molecule has 5 nitrogen and oxygen atoms in total. The molecule has 0 aliphatic carbocycles. The van der Waals surface area contributed by atoms with E-state index in [9.17, 15) is 4.79 Å². The van der Waals surface area contributed by atoms with Gasteiger partial charge in [0.15, 0.2) is 0 Å². The molecule has 3 fully saturated rings. The van der Waals surface area contributed by atoms with Crippen molar-refractivity contribution >= 4 is 28.5 Å². The highest BCUT2D eigenvalue weighted by atomic mass is 35.5. The Bertz CT molecular complexity index is 1180. The van der Waals surface area contributed by atoms with Gasteiger partial charge in [-0.05, 0) is 79.8 Å². The van der Waals surface area contributed by atoms with Crippen LogP contribution in [0.15, 0.2) is 67.4 Å². The Hall–Kier alpha value is -2.89. The fourth-order valence-corrected chi connectivity index (χ4v) is 5.46. The van der Waals surface area contributed by atoms with Gasteiger partial charge in [-0.1, -0.05) is 17.7 Å². The molecular formula is C27H27ClN2O3. The number of piperidine rings is 3. The second-order valence-corrected chi connectivity index (χ2v) is 9.30. The first-order chi connectivity index (χ1) is 16.1. The summed E-state index contributed by atoms with van der Waals surface area (Å²) in [4.78, 5) is 20.2. The van der Waals surface area contributed by atoms with E-state index >= 15 is 0 Å². The molecule has 2 aromatic carbocycles. The van der Waals surface area contributed by atoms with Crippen LogP contribution in [0.5, 0.6) is 5.75 Å². The monoisotopic (exact) mass is 462 g/mol. The predicted octanol–water partition coefficient (Wildman–Crippen LogP) is 5.69.